The van der Waals surface area contributed by atoms with Gasteiger partial charge in [0.05, 0.1) is 18.8 Å². The van der Waals surface area contributed by atoms with E-state index in [4.69, 9.17) is 0 Å². The Morgan fingerprint density at radius 2 is 0.976 bits per heavy atom. The first kappa shape index (κ1) is 40.1. The number of rotatable bonds is 31. The molecule has 4 unspecified atom stereocenters. The molecular weight excluding hydrogens is 514 g/mol. The zero-order valence-electron chi connectivity index (χ0n) is 27.0. The van der Waals surface area contributed by atoms with Crippen molar-refractivity contribution in [3.05, 3.63) is 12.2 Å². The van der Waals surface area contributed by atoms with Crippen molar-refractivity contribution in [2.45, 2.75) is 199 Å². The Morgan fingerprint density at radius 3 is 1.41 bits per heavy atom. The first-order valence-electron chi connectivity index (χ1n) is 17.6. The molecular formula is C35H69NO5. The van der Waals surface area contributed by atoms with Crippen molar-refractivity contribution in [2.75, 3.05) is 6.61 Å². The number of hydrogen-bond acceptors (Lipinski definition) is 5. The van der Waals surface area contributed by atoms with E-state index in [2.05, 4.69) is 31.3 Å². The molecule has 6 heteroatoms. The van der Waals surface area contributed by atoms with Gasteiger partial charge in [0.1, 0.15) is 12.2 Å². The Labute approximate surface area is 253 Å². The van der Waals surface area contributed by atoms with E-state index >= 15 is 0 Å². The van der Waals surface area contributed by atoms with Crippen LogP contribution in [0, 0.1) is 0 Å². The summed E-state index contributed by atoms with van der Waals surface area (Å²) in [4.78, 5) is 12.4. The molecule has 0 aromatic rings. The number of carbonyl (C=O) groups excluding carboxylic acids is 1. The summed E-state index contributed by atoms with van der Waals surface area (Å²) in [5, 5.41) is 43.0. The van der Waals surface area contributed by atoms with Crippen LogP contribution in [-0.4, -0.2) is 57.3 Å². The maximum Gasteiger partial charge on any atom is 0.249 e. The Balaban J connectivity index is 3.74. The summed E-state index contributed by atoms with van der Waals surface area (Å²) in [5.74, 6) is -0.593. The van der Waals surface area contributed by atoms with Crippen LogP contribution in [0.2, 0.25) is 0 Å². The molecule has 0 aliphatic rings. The predicted octanol–water partition coefficient (Wildman–Crippen LogP) is 7.89. The highest BCUT2D eigenvalue weighted by atomic mass is 16.3. The van der Waals surface area contributed by atoms with Gasteiger partial charge in [0.15, 0.2) is 0 Å². The number of allylic oxidation sites excluding steroid dienone is 2. The largest absolute Gasteiger partial charge is 0.394 e. The van der Waals surface area contributed by atoms with Crippen LogP contribution in [0.5, 0.6) is 0 Å². The normalized spacial score (nSPS) is 14.8. The monoisotopic (exact) mass is 584 g/mol. The number of aliphatic hydroxyl groups is 4. The number of aliphatic hydroxyl groups excluding tert-OH is 4. The summed E-state index contributed by atoms with van der Waals surface area (Å²) < 4.78 is 0. The fourth-order valence-electron chi connectivity index (χ4n) is 5.34. The second kappa shape index (κ2) is 30.5. The second-order valence-electron chi connectivity index (χ2n) is 12.2. The lowest BCUT2D eigenvalue weighted by atomic mass is 9.99. The van der Waals surface area contributed by atoms with Gasteiger partial charge in [-0.3, -0.25) is 4.79 Å². The van der Waals surface area contributed by atoms with E-state index in [1.807, 2.05) is 0 Å². The predicted molar refractivity (Wildman–Crippen MR) is 173 cm³/mol. The highest BCUT2D eigenvalue weighted by Crippen LogP contribution is 2.14. The Hall–Kier alpha value is -0.950. The van der Waals surface area contributed by atoms with Crippen molar-refractivity contribution in [3.63, 3.8) is 0 Å². The van der Waals surface area contributed by atoms with Crippen molar-refractivity contribution in [1.29, 1.82) is 0 Å². The van der Waals surface area contributed by atoms with Crippen LogP contribution in [-0.2, 0) is 4.79 Å². The molecule has 0 saturated carbocycles. The summed E-state index contributed by atoms with van der Waals surface area (Å²) in [6, 6.07) is -0.980. The maximum absolute atomic E-state index is 12.4. The van der Waals surface area contributed by atoms with Crippen LogP contribution in [0.1, 0.15) is 174 Å². The number of unbranched alkanes of at least 4 members (excludes halogenated alkanes) is 20. The van der Waals surface area contributed by atoms with Crippen molar-refractivity contribution < 1.29 is 25.2 Å². The summed E-state index contributed by atoms with van der Waals surface area (Å²) in [6.07, 6.45) is 29.7. The average Bonchev–Trinajstić information content (AvgIpc) is 2.98. The number of hydrogen-bond donors (Lipinski definition) is 5. The highest BCUT2D eigenvalue weighted by molar-refractivity contribution is 5.80. The highest BCUT2D eigenvalue weighted by Gasteiger charge is 2.28. The third-order valence-electron chi connectivity index (χ3n) is 8.23. The SMILES string of the molecule is CCCCCCCCCCC/C=C\CCCCCCCCC(O)C(=O)NC(CO)C(O)C(O)CCCCCCCC. The molecule has 0 aromatic heterocycles. The fourth-order valence-corrected chi connectivity index (χ4v) is 5.34. The molecule has 0 rings (SSSR count). The summed E-state index contributed by atoms with van der Waals surface area (Å²) in [7, 11) is 0. The van der Waals surface area contributed by atoms with E-state index < -0.39 is 36.9 Å². The fraction of sp³-hybridized carbons (Fsp3) is 0.914. The van der Waals surface area contributed by atoms with Gasteiger partial charge in [0.2, 0.25) is 5.91 Å². The van der Waals surface area contributed by atoms with E-state index in [1.54, 1.807) is 0 Å². The van der Waals surface area contributed by atoms with Gasteiger partial charge in [-0.1, -0.05) is 148 Å². The van der Waals surface area contributed by atoms with Gasteiger partial charge in [-0.25, -0.2) is 0 Å². The van der Waals surface area contributed by atoms with Crippen molar-refractivity contribution in [1.82, 2.24) is 5.32 Å². The van der Waals surface area contributed by atoms with Crippen LogP contribution < -0.4 is 5.32 Å². The summed E-state index contributed by atoms with van der Waals surface area (Å²) in [5.41, 5.74) is 0. The van der Waals surface area contributed by atoms with Gasteiger partial charge in [0, 0.05) is 0 Å². The molecule has 0 aliphatic heterocycles. The number of nitrogens with one attached hydrogen (secondary N) is 1. The third kappa shape index (κ3) is 25.3. The standard InChI is InChI=1S/C35H69NO5/c1-3-5-7-9-11-12-13-14-15-16-17-18-19-20-21-22-23-25-27-29-33(39)35(41)36-31(30-37)34(40)32(38)28-26-24-10-8-6-4-2/h17-18,31-34,37-40H,3-16,19-30H2,1-2H3,(H,36,41)/b18-17-. The number of amides is 1. The van der Waals surface area contributed by atoms with Gasteiger partial charge in [-0.05, 0) is 38.5 Å². The van der Waals surface area contributed by atoms with Gasteiger partial charge in [-0.15, -0.1) is 0 Å². The van der Waals surface area contributed by atoms with Crippen LogP contribution in [0.25, 0.3) is 0 Å². The quantitative estimate of drug-likeness (QED) is 0.0421. The molecule has 6 nitrogen and oxygen atoms in total. The van der Waals surface area contributed by atoms with Gasteiger partial charge >= 0.3 is 0 Å². The lowest BCUT2D eigenvalue weighted by molar-refractivity contribution is -0.132. The maximum atomic E-state index is 12.4. The topological polar surface area (TPSA) is 110 Å². The first-order valence-corrected chi connectivity index (χ1v) is 17.6. The molecule has 0 spiro atoms. The van der Waals surface area contributed by atoms with Crippen molar-refractivity contribution in [2.24, 2.45) is 0 Å². The van der Waals surface area contributed by atoms with E-state index in [1.165, 1.54) is 103 Å². The zero-order chi connectivity index (χ0) is 30.4. The Morgan fingerprint density at radius 1 is 0.585 bits per heavy atom. The zero-order valence-corrected chi connectivity index (χ0v) is 27.0. The molecule has 0 aromatic carbocycles. The van der Waals surface area contributed by atoms with E-state index in [0.29, 0.717) is 12.8 Å². The van der Waals surface area contributed by atoms with Gasteiger partial charge in [-0.2, -0.15) is 0 Å². The molecule has 1 amide bonds. The van der Waals surface area contributed by atoms with Crippen LogP contribution in [0.4, 0.5) is 0 Å². The molecule has 0 bridgehead atoms. The number of carbonyl (C=O) groups is 1. The van der Waals surface area contributed by atoms with Crippen LogP contribution >= 0.6 is 0 Å². The minimum atomic E-state index is -1.25. The molecule has 0 aliphatic carbocycles. The molecule has 0 fully saturated rings. The van der Waals surface area contributed by atoms with Gasteiger partial charge in [0.25, 0.3) is 0 Å². The minimum absolute atomic E-state index is 0.363. The first-order chi connectivity index (χ1) is 20.0. The molecule has 0 heterocycles. The summed E-state index contributed by atoms with van der Waals surface area (Å²) >= 11 is 0. The van der Waals surface area contributed by atoms with E-state index in [9.17, 15) is 25.2 Å². The lowest BCUT2D eigenvalue weighted by Gasteiger charge is -2.27. The third-order valence-corrected chi connectivity index (χ3v) is 8.23. The second-order valence-corrected chi connectivity index (χ2v) is 12.2. The van der Waals surface area contributed by atoms with Crippen LogP contribution in [0.3, 0.4) is 0 Å². The Bertz CT molecular complexity index is 585. The van der Waals surface area contributed by atoms with E-state index in [-0.39, 0.29) is 0 Å². The van der Waals surface area contributed by atoms with E-state index in [0.717, 1.165) is 44.9 Å². The molecule has 41 heavy (non-hydrogen) atoms. The summed E-state index contributed by atoms with van der Waals surface area (Å²) in [6.45, 7) is 3.95. The lowest BCUT2D eigenvalue weighted by Crippen LogP contribution is -2.53. The molecule has 4 atom stereocenters. The minimum Gasteiger partial charge on any atom is -0.394 e. The average molecular weight is 584 g/mol. The molecule has 0 radical (unpaired) electrons. The molecule has 5 N–H and O–H groups in total. The van der Waals surface area contributed by atoms with Crippen molar-refractivity contribution in [3.8, 4) is 0 Å². The van der Waals surface area contributed by atoms with Crippen LogP contribution in [0.15, 0.2) is 12.2 Å². The smallest absolute Gasteiger partial charge is 0.249 e. The molecule has 0 saturated heterocycles. The van der Waals surface area contributed by atoms with Gasteiger partial charge < -0.3 is 25.7 Å². The van der Waals surface area contributed by atoms with Crippen molar-refractivity contribution >= 4 is 5.91 Å². The Kier molecular flexibility index (Phi) is 29.8. The molecule has 244 valence electrons.